The Balaban J connectivity index is 1.33. The average molecular weight is 591 g/mol. The maximum atomic E-state index is 15.2. The summed E-state index contributed by atoms with van der Waals surface area (Å²) in [5.41, 5.74) is -4.70. The lowest BCUT2D eigenvalue weighted by molar-refractivity contribution is -0.138. The molecular formula is C26H25ClF6N4O3. The molecule has 40 heavy (non-hydrogen) atoms. The number of amides is 2. The fourth-order valence-electron chi connectivity index (χ4n) is 6.43. The van der Waals surface area contributed by atoms with Crippen molar-refractivity contribution in [3.8, 4) is 0 Å². The Hall–Kier alpha value is -2.93. The van der Waals surface area contributed by atoms with Gasteiger partial charge in [0.2, 0.25) is 5.91 Å². The van der Waals surface area contributed by atoms with Crippen molar-refractivity contribution in [1.82, 2.24) is 20.8 Å². The SMILES string of the molecule is O=C(N[C@H]1C[C@H](C(=O)N[C@H](c2c(F)ccc(Cl)c2F)C23CCC(F)(CC2)C3)C[C@H]1O)c1cc(C(F)(F)F)cnn1. The second kappa shape index (κ2) is 10.2. The second-order valence-electron chi connectivity index (χ2n) is 11.0. The number of aliphatic hydroxyl groups excluding tert-OH is 1. The molecule has 4 atom stereocenters. The number of aromatic nitrogens is 2. The molecule has 0 unspecified atom stereocenters. The van der Waals surface area contributed by atoms with Crippen LogP contribution in [-0.2, 0) is 11.0 Å². The Morgan fingerprint density at radius 3 is 2.45 bits per heavy atom. The van der Waals surface area contributed by atoms with Gasteiger partial charge >= 0.3 is 6.18 Å². The van der Waals surface area contributed by atoms with Gasteiger partial charge in [-0.3, -0.25) is 9.59 Å². The molecule has 216 valence electrons. The van der Waals surface area contributed by atoms with Crippen molar-refractivity contribution in [2.24, 2.45) is 11.3 Å². The van der Waals surface area contributed by atoms with Crippen molar-refractivity contribution in [2.45, 2.75) is 75.0 Å². The summed E-state index contributed by atoms with van der Waals surface area (Å²) in [5, 5.41) is 21.8. The van der Waals surface area contributed by atoms with Crippen LogP contribution < -0.4 is 10.6 Å². The van der Waals surface area contributed by atoms with E-state index < -0.39 is 81.6 Å². The first-order valence-electron chi connectivity index (χ1n) is 12.7. The van der Waals surface area contributed by atoms with Gasteiger partial charge in [-0.15, -0.1) is 5.10 Å². The molecule has 3 aliphatic rings. The molecule has 3 N–H and O–H groups in total. The number of nitrogens with zero attached hydrogens (tertiary/aromatic N) is 2. The van der Waals surface area contributed by atoms with Crippen LogP contribution in [0.5, 0.6) is 0 Å². The highest BCUT2D eigenvalue weighted by atomic mass is 35.5. The second-order valence-corrected chi connectivity index (χ2v) is 11.4. The van der Waals surface area contributed by atoms with Crippen LogP contribution in [0.4, 0.5) is 26.3 Å². The van der Waals surface area contributed by atoms with Gasteiger partial charge in [-0.2, -0.15) is 18.3 Å². The quantitative estimate of drug-likeness (QED) is 0.330. The molecule has 1 heterocycles. The highest BCUT2D eigenvalue weighted by Crippen LogP contribution is 2.63. The minimum absolute atomic E-state index is 0.0142. The van der Waals surface area contributed by atoms with Gasteiger partial charge in [0.1, 0.15) is 17.3 Å². The zero-order chi connectivity index (χ0) is 29.0. The Bertz CT molecular complexity index is 1330. The number of halogens is 7. The van der Waals surface area contributed by atoms with E-state index in [0.717, 1.165) is 12.1 Å². The Kier molecular flexibility index (Phi) is 7.26. The van der Waals surface area contributed by atoms with Crippen LogP contribution in [0.25, 0.3) is 0 Å². The minimum Gasteiger partial charge on any atom is -0.391 e. The molecule has 3 fully saturated rings. The molecule has 1 aromatic heterocycles. The van der Waals surface area contributed by atoms with Gasteiger partial charge in [0, 0.05) is 11.5 Å². The third kappa shape index (κ3) is 5.25. The molecular weight excluding hydrogens is 566 g/mol. The van der Waals surface area contributed by atoms with Crippen LogP contribution in [-0.4, -0.2) is 44.9 Å². The van der Waals surface area contributed by atoms with Crippen molar-refractivity contribution in [1.29, 1.82) is 0 Å². The highest BCUT2D eigenvalue weighted by molar-refractivity contribution is 6.30. The first-order valence-corrected chi connectivity index (χ1v) is 13.1. The number of nitrogens with one attached hydrogen (secondary N) is 2. The van der Waals surface area contributed by atoms with Gasteiger partial charge in [0.05, 0.1) is 35.0 Å². The van der Waals surface area contributed by atoms with Crippen molar-refractivity contribution >= 4 is 23.4 Å². The molecule has 2 aromatic rings. The average Bonchev–Trinajstić information content (AvgIpc) is 3.56. The van der Waals surface area contributed by atoms with E-state index in [1.807, 2.05) is 0 Å². The third-order valence-electron chi connectivity index (χ3n) is 8.51. The summed E-state index contributed by atoms with van der Waals surface area (Å²) < 4.78 is 84.2. The molecule has 3 aliphatic carbocycles. The summed E-state index contributed by atoms with van der Waals surface area (Å²) in [6, 6.07) is 0.284. The fraction of sp³-hybridized carbons (Fsp3) is 0.538. The van der Waals surface area contributed by atoms with Gasteiger partial charge < -0.3 is 15.7 Å². The first kappa shape index (κ1) is 28.6. The molecule has 2 amide bonds. The zero-order valence-electron chi connectivity index (χ0n) is 20.9. The van der Waals surface area contributed by atoms with E-state index in [-0.39, 0.29) is 37.1 Å². The van der Waals surface area contributed by atoms with Crippen LogP contribution in [0.3, 0.4) is 0 Å². The summed E-state index contributed by atoms with van der Waals surface area (Å²) in [7, 11) is 0. The van der Waals surface area contributed by atoms with Gasteiger partial charge in [0.15, 0.2) is 5.69 Å². The van der Waals surface area contributed by atoms with E-state index in [0.29, 0.717) is 25.1 Å². The summed E-state index contributed by atoms with van der Waals surface area (Å²) in [4.78, 5) is 25.9. The predicted molar refractivity (Wildman–Crippen MR) is 129 cm³/mol. The molecule has 7 nitrogen and oxygen atoms in total. The largest absolute Gasteiger partial charge is 0.418 e. The van der Waals surface area contributed by atoms with Gasteiger partial charge in [-0.05, 0) is 68.6 Å². The molecule has 3 saturated carbocycles. The monoisotopic (exact) mass is 590 g/mol. The number of fused-ring (bicyclic) bond motifs is 2. The van der Waals surface area contributed by atoms with Crippen LogP contribution in [0, 0.1) is 23.0 Å². The lowest BCUT2D eigenvalue weighted by Crippen LogP contribution is -2.43. The number of hydrogen-bond acceptors (Lipinski definition) is 5. The van der Waals surface area contributed by atoms with Gasteiger partial charge in [-0.25, -0.2) is 13.2 Å². The van der Waals surface area contributed by atoms with E-state index in [9.17, 15) is 32.3 Å². The highest BCUT2D eigenvalue weighted by Gasteiger charge is 2.59. The molecule has 0 aliphatic heterocycles. The smallest absolute Gasteiger partial charge is 0.391 e. The lowest BCUT2D eigenvalue weighted by atomic mass is 9.74. The van der Waals surface area contributed by atoms with E-state index in [1.54, 1.807) is 0 Å². The topological polar surface area (TPSA) is 104 Å². The van der Waals surface area contributed by atoms with Crippen LogP contribution in [0.15, 0.2) is 24.4 Å². The zero-order valence-corrected chi connectivity index (χ0v) is 21.6. The fourth-order valence-corrected chi connectivity index (χ4v) is 6.59. The normalized spacial score (nSPS) is 30.4. The lowest BCUT2D eigenvalue weighted by Gasteiger charge is -2.37. The summed E-state index contributed by atoms with van der Waals surface area (Å²) >= 11 is 5.92. The molecule has 14 heteroatoms. The summed E-state index contributed by atoms with van der Waals surface area (Å²) in [6.45, 7) is 0. The molecule has 0 saturated heterocycles. The predicted octanol–water partition coefficient (Wildman–Crippen LogP) is 4.83. The Labute approximate surface area is 229 Å². The van der Waals surface area contributed by atoms with Crippen molar-refractivity contribution < 1.29 is 41.0 Å². The van der Waals surface area contributed by atoms with E-state index in [1.165, 1.54) is 0 Å². The molecule has 0 radical (unpaired) electrons. The number of carbonyl (C=O) groups excluding carboxylic acids is 2. The molecule has 1 aromatic carbocycles. The first-order chi connectivity index (χ1) is 18.7. The number of carbonyl (C=O) groups is 2. The third-order valence-corrected chi connectivity index (χ3v) is 8.80. The molecule has 5 rings (SSSR count). The number of hydrogen-bond donors (Lipinski definition) is 3. The van der Waals surface area contributed by atoms with E-state index in [2.05, 4.69) is 20.8 Å². The van der Waals surface area contributed by atoms with Crippen LogP contribution in [0.1, 0.15) is 72.6 Å². The molecule has 0 spiro atoms. The van der Waals surface area contributed by atoms with Crippen molar-refractivity contribution in [3.05, 3.63) is 57.9 Å². The summed E-state index contributed by atoms with van der Waals surface area (Å²) in [5.74, 6) is -4.61. The van der Waals surface area contributed by atoms with Crippen molar-refractivity contribution in [3.63, 3.8) is 0 Å². The van der Waals surface area contributed by atoms with Crippen molar-refractivity contribution in [2.75, 3.05) is 0 Å². The van der Waals surface area contributed by atoms with Gasteiger partial charge in [0.25, 0.3) is 5.91 Å². The number of rotatable bonds is 6. The Morgan fingerprint density at radius 1 is 1.12 bits per heavy atom. The maximum absolute atomic E-state index is 15.2. The number of alkyl halides is 4. The standard InChI is InChI=1S/C26H25ClF6N4O3/c27-14-1-2-15(28)19(20(14)29)21(24-3-5-25(30,11-24)6-4-24)36-22(39)12-7-16(18(38)8-12)35-23(40)17-9-13(10-34-37-17)26(31,32)33/h1-2,9-10,12,16,18,21,38H,3-8,11H2,(H,35,40)(H,36,39)/t12-,16-,18+,21+,24?,25?/m0/s1. The summed E-state index contributed by atoms with van der Waals surface area (Å²) in [6.07, 6.45) is -4.80. The van der Waals surface area contributed by atoms with Crippen LogP contribution >= 0.6 is 11.6 Å². The van der Waals surface area contributed by atoms with E-state index in [4.69, 9.17) is 11.6 Å². The van der Waals surface area contributed by atoms with E-state index >= 15 is 8.78 Å². The number of benzene rings is 1. The molecule has 2 bridgehead atoms. The minimum atomic E-state index is -4.75. The van der Waals surface area contributed by atoms with Gasteiger partial charge in [-0.1, -0.05) is 11.6 Å². The number of aliphatic hydroxyl groups is 1. The maximum Gasteiger partial charge on any atom is 0.418 e. The van der Waals surface area contributed by atoms with Crippen LogP contribution in [0.2, 0.25) is 5.02 Å². The Morgan fingerprint density at radius 2 is 1.82 bits per heavy atom.